The van der Waals surface area contributed by atoms with Crippen LogP contribution in [0.4, 0.5) is 0 Å². The zero-order valence-electron chi connectivity index (χ0n) is 16.1. The van der Waals surface area contributed by atoms with E-state index in [2.05, 4.69) is 88.3 Å². The summed E-state index contributed by atoms with van der Waals surface area (Å²) in [7, 11) is 0. The van der Waals surface area contributed by atoms with Gasteiger partial charge in [-0.2, -0.15) is 0 Å². The number of hydrogen-bond acceptors (Lipinski definition) is 1. The topological polar surface area (TPSA) is 27.8 Å². The first kappa shape index (κ1) is 17.3. The lowest BCUT2D eigenvalue weighted by Gasteiger charge is -2.44. The Morgan fingerprint density at radius 3 is 2.29 bits per heavy atom. The van der Waals surface area contributed by atoms with Crippen LogP contribution in [0.1, 0.15) is 60.1 Å². The third-order valence-electron chi connectivity index (χ3n) is 4.84. The second-order valence-electron chi connectivity index (χ2n) is 9.60. The molecule has 0 aliphatic carbocycles. The Hall–Kier alpha value is -1.54. The van der Waals surface area contributed by atoms with Crippen LogP contribution in [-0.2, 0) is 6.42 Å². The largest absolute Gasteiger partial charge is 0.358 e. The second-order valence-corrected chi connectivity index (χ2v) is 9.60. The maximum Gasteiger partial charge on any atom is 0.0456 e. The molecule has 2 heteroatoms. The van der Waals surface area contributed by atoms with Crippen molar-refractivity contribution < 1.29 is 0 Å². The molecule has 1 aliphatic rings. The monoisotopic (exact) mass is 324 g/mol. The van der Waals surface area contributed by atoms with Crippen molar-refractivity contribution in [3.05, 3.63) is 47.7 Å². The smallest absolute Gasteiger partial charge is 0.0456 e. The van der Waals surface area contributed by atoms with Crippen LogP contribution in [-0.4, -0.2) is 16.1 Å². The molecule has 0 spiro atoms. The van der Waals surface area contributed by atoms with Gasteiger partial charge in [0, 0.05) is 22.3 Å². The van der Waals surface area contributed by atoms with Crippen LogP contribution >= 0.6 is 0 Å². The van der Waals surface area contributed by atoms with E-state index >= 15 is 0 Å². The van der Waals surface area contributed by atoms with Gasteiger partial charge in [0.1, 0.15) is 0 Å². The van der Waals surface area contributed by atoms with E-state index in [-0.39, 0.29) is 16.5 Å². The van der Waals surface area contributed by atoms with E-state index in [0.717, 1.165) is 19.3 Å². The van der Waals surface area contributed by atoms with Crippen LogP contribution in [0.15, 0.2) is 42.0 Å². The SMILES string of the molecule is CC(C)(C=C1CC(C)(C)NC(C)(C)C1)Cc1cc2ccccc2[nH]1. The van der Waals surface area contributed by atoms with E-state index in [1.54, 1.807) is 5.57 Å². The molecule has 2 aromatic rings. The van der Waals surface area contributed by atoms with Gasteiger partial charge in [-0.3, -0.25) is 0 Å². The van der Waals surface area contributed by atoms with Crippen molar-refractivity contribution in [2.45, 2.75) is 71.9 Å². The van der Waals surface area contributed by atoms with Gasteiger partial charge in [0.2, 0.25) is 0 Å². The van der Waals surface area contributed by atoms with Crippen LogP contribution in [0.3, 0.4) is 0 Å². The summed E-state index contributed by atoms with van der Waals surface area (Å²) in [5, 5.41) is 5.07. The predicted octanol–water partition coefficient (Wildman–Crippen LogP) is 5.60. The fourth-order valence-electron chi connectivity index (χ4n) is 4.63. The second kappa shape index (κ2) is 5.77. The Bertz CT molecular complexity index is 708. The first-order valence-corrected chi connectivity index (χ1v) is 9.10. The van der Waals surface area contributed by atoms with Crippen molar-refractivity contribution in [3.63, 3.8) is 0 Å². The minimum absolute atomic E-state index is 0.152. The zero-order chi connectivity index (χ0) is 17.6. The van der Waals surface area contributed by atoms with Crippen LogP contribution in [0.25, 0.3) is 10.9 Å². The summed E-state index contributed by atoms with van der Waals surface area (Å²) in [6.07, 6.45) is 5.83. The maximum absolute atomic E-state index is 3.77. The average molecular weight is 325 g/mol. The molecule has 2 heterocycles. The fraction of sp³-hybridized carbons (Fsp3) is 0.545. The molecule has 24 heavy (non-hydrogen) atoms. The van der Waals surface area contributed by atoms with Gasteiger partial charge < -0.3 is 10.3 Å². The number of allylic oxidation sites excluding steroid dienone is 1. The van der Waals surface area contributed by atoms with Crippen molar-refractivity contribution >= 4 is 10.9 Å². The van der Waals surface area contributed by atoms with Crippen LogP contribution in [0.5, 0.6) is 0 Å². The molecule has 1 aliphatic heterocycles. The van der Waals surface area contributed by atoms with Gasteiger partial charge >= 0.3 is 0 Å². The Balaban J connectivity index is 1.81. The number of H-pyrrole nitrogens is 1. The number of rotatable bonds is 3. The molecule has 0 saturated carbocycles. The molecule has 1 aromatic carbocycles. The molecule has 1 aromatic heterocycles. The normalized spacial score (nSPS) is 20.3. The summed E-state index contributed by atoms with van der Waals surface area (Å²) < 4.78 is 0. The molecular weight excluding hydrogens is 292 g/mol. The van der Waals surface area contributed by atoms with Gasteiger partial charge in [-0.05, 0) is 69.9 Å². The molecule has 2 N–H and O–H groups in total. The first-order valence-electron chi connectivity index (χ1n) is 9.10. The number of hydrogen-bond donors (Lipinski definition) is 2. The number of benzene rings is 1. The van der Waals surface area contributed by atoms with Crippen molar-refractivity contribution in [2.24, 2.45) is 5.41 Å². The van der Waals surface area contributed by atoms with Crippen LogP contribution in [0, 0.1) is 5.41 Å². The van der Waals surface area contributed by atoms with Crippen molar-refractivity contribution in [1.82, 2.24) is 10.3 Å². The number of aromatic nitrogens is 1. The van der Waals surface area contributed by atoms with Gasteiger partial charge in [0.25, 0.3) is 0 Å². The number of piperidine rings is 1. The molecule has 0 amide bonds. The van der Waals surface area contributed by atoms with E-state index < -0.39 is 0 Å². The van der Waals surface area contributed by atoms with Crippen molar-refractivity contribution in [3.8, 4) is 0 Å². The van der Waals surface area contributed by atoms with Gasteiger partial charge in [0.15, 0.2) is 0 Å². The minimum atomic E-state index is 0.152. The average Bonchev–Trinajstić information content (AvgIpc) is 2.74. The molecule has 0 atom stereocenters. The number of fused-ring (bicyclic) bond motifs is 1. The molecule has 3 rings (SSSR count). The van der Waals surface area contributed by atoms with Gasteiger partial charge in [-0.25, -0.2) is 0 Å². The zero-order valence-corrected chi connectivity index (χ0v) is 16.1. The lowest BCUT2D eigenvalue weighted by molar-refractivity contribution is 0.221. The molecular formula is C22H32N2. The van der Waals surface area contributed by atoms with Crippen molar-refractivity contribution in [2.75, 3.05) is 0 Å². The Morgan fingerprint density at radius 2 is 1.67 bits per heavy atom. The minimum Gasteiger partial charge on any atom is -0.358 e. The molecule has 0 radical (unpaired) electrons. The molecule has 2 nitrogen and oxygen atoms in total. The summed E-state index contributed by atoms with van der Waals surface area (Å²) in [6.45, 7) is 14.0. The fourth-order valence-corrected chi connectivity index (χ4v) is 4.63. The van der Waals surface area contributed by atoms with Gasteiger partial charge in [0.05, 0.1) is 0 Å². The van der Waals surface area contributed by atoms with E-state index in [9.17, 15) is 0 Å². The third kappa shape index (κ3) is 4.10. The lowest BCUT2D eigenvalue weighted by atomic mass is 9.76. The Labute approximate surface area is 146 Å². The Morgan fingerprint density at radius 1 is 1.04 bits per heavy atom. The lowest BCUT2D eigenvalue weighted by Crippen LogP contribution is -2.56. The summed E-state index contributed by atoms with van der Waals surface area (Å²) in [4.78, 5) is 3.58. The highest BCUT2D eigenvalue weighted by atomic mass is 15.0. The first-order chi connectivity index (χ1) is 11.0. The maximum atomic E-state index is 3.77. The molecule has 130 valence electrons. The number of para-hydroxylation sites is 1. The highest BCUT2D eigenvalue weighted by molar-refractivity contribution is 5.80. The molecule has 1 fully saturated rings. The van der Waals surface area contributed by atoms with E-state index in [1.807, 2.05) is 0 Å². The van der Waals surface area contributed by atoms with Crippen LogP contribution in [0.2, 0.25) is 0 Å². The molecule has 0 bridgehead atoms. The third-order valence-corrected chi connectivity index (χ3v) is 4.84. The van der Waals surface area contributed by atoms with Crippen LogP contribution < -0.4 is 5.32 Å². The summed E-state index contributed by atoms with van der Waals surface area (Å²) in [5.74, 6) is 0. The molecule has 0 unspecified atom stereocenters. The number of aromatic amines is 1. The van der Waals surface area contributed by atoms with E-state index in [0.29, 0.717) is 0 Å². The van der Waals surface area contributed by atoms with Crippen molar-refractivity contribution in [1.29, 1.82) is 0 Å². The van der Waals surface area contributed by atoms with Gasteiger partial charge in [-0.1, -0.05) is 43.7 Å². The Kier molecular flexibility index (Phi) is 4.16. The summed E-state index contributed by atoms with van der Waals surface area (Å²) in [6, 6.07) is 10.8. The quantitative estimate of drug-likeness (QED) is 0.706. The molecule has 1 saturated heterocycles. The number of nitrogens with one attached hydrogen (secondary N) is 2. The van der Waals surface area contributed by atoms with E-state index in [1.165, 1.54) is 16.6 Å². The predicted molar refractivity (Wildman–Crippen MR) is 104 cm³/mol. The standard InChI is InChI=1S/C22H32N2/c1-20(2,12-16-13-21(3,4)24-22(5,6)14-16)15-18-11-17-9-7-8-10-19(17)23-18/h7-12,23-24H,13-15H2,1-6H3. The highest BCUT2D eigenvalue weighted by Crippen LogP contribution is 2.36. The van der Waals surface area contributed by atoms with Gasteiger partial charge in [-0.15, -0.1) is 0 Å². The highest BCUT2D eigenvalue weighted by Gasteiger charge is 2.35. The van der Waals surface area contributed by atoms with E-state index in [4.69, 9.17) is 0 Å². The summed E-state index contributed by atoms with van der Waals surface area (Å²) >= 11 is 0. The summed E-state index contributed by atoms with van der Waals surface area (Å²) in [5.41, 5.74) is 4.64.